The number of carbonyl (C=O) groups is 1. The van der Waals surface area contributed by atoms with E-state index in [-0.39, 0.29) is 12.0 Å². The molecule has 0 spiro atoms. The second-order valence-electron chi connectivity index (χ2n) is 6.14. The third-order valence-corrected chi connectivity index (χ3v) is 4.04. The zero-order valence-electron chi connectivity index (χ0n) is 15.2. The largest absolute Gasteiger partial charge is 0.466 e. The molecule has 0 fully saturated rings. The van der Waals surface area contributed by atoms with Gasteiger partial charge in [-0.05, 0) is 41.0 Å². The van der Waals surface area contributed by atoms with E-state index in [9.17, 15) is 31.1 Å². The molecular formula is C21H16F6O2. The Balaban J connectivity index is 2.43. The van der Waals surface area contributed by atoms with E-state index < -0.39 is 29.4 Å². The first-order chi connectivity index (χ1) is 13.4. The van der Waals surface area contributed by atoms with Crippen molar-refractivity contribution in [2.45, 2.75) is 18.8 Å². The number of allylic oxidation sites excluding steroid dienone is 1. The molecule has 0 bridgehead atoms. The molecule has 2 nitrogen and oxygen atoms in total. The fourth-order valence-electron chi connectivity index (χ4n) is 2.53. The minimum Gasteiger partial charge on any atom is -0.466 e. The lowest BCUT2D eigenvalue weighted by Gasteiger charge is -2.12. The normalized spacial score (nSPS) is 12.6. The molecule has 0 saturated heterocycles. The highest BCUT2D eigenvalue weighted by atomic mass is 19.4. The molecule has 2 aromatic rings. The second-order valence-corrected chi connectivity index (χ2v) is 6.14. The molecule has 0 aliphatic rings. The number of halogens is 6. The Kier molecular flexibility index (Phi) is 6.56. The lowest BCUT2D eigenvalue weighted by molar-refractivity contribution is -0.138. The summed E-state index contributed by atoms with van der Waals surface area (Å²) in [7, 11) is 1.16. The highest BCUT2D eigenvalue weighted by Crippen LogP contribution is 2.33. The van der Waals surface area contributed by atoms with Crippen LogP contribution < -0.4 is 0 Å². The zero-order chi connectivity index (χ0) is 21.8. The molecule has 0 saturated carbocycles. The number of methoxy groups -OCH3 is 1. The van der Waals surface area contributed by atoms with Crippen LogP contribution in [-0.2, 0) is 21.9 Å². The number of hydrogen-bond acceptors (Lipinski definition) is 2. The fraction of sp³-hybridized carbons (Fsp3) is 0.190. The van der Waals surface area contributed by atoms with Gasteiger partial charge in [0, 0.05) is 12.0 Å². The first kappa shape index (κ1) is 22.3. The third-order valence-electron chi connectivity index (χ3n) is 4.04. The van der Waals surface area contributed by atoms with Crippen LogP contribution in [0.4, 0.5) is 26.3 Å². The lowest BCUT2D eigenvalue weighted by Crippen LogP contribution is -2.06. The van der Waals surface area contributed by atoms with Gasteiger partial charge in [-0.25, -0.2) is 4.79 Å². The van der Waals surface area contributed by atoms with E-state index in [1.807, 2.05) is 0 Å². The number of alkyl halides is 6. The van der Waals surface area contributed by atoms with Crippen LogP contribution in [0.5, 0.6) is 0 Å². The maximum atomic E-state index is 12.8. The molecule has 2 aromatic carbocycles. The monoisotopic (exact) mass is 414 g/mol. The summed E-state index contributed by atoms with van der Waals surface area (Å²) in [5, 5.41) is 0. The van der Waals surface area contributed by atoms with Gasteiger partial charge in [0.25, 0.3) is 0 Å². The molecule has 0 aliphatic heterocycles. The van der Waals surface area contributed by atoms with Gasteiger partial charge in [-0.3, -0.25) is 0 Å². The van der Waals surface area contributed by atoms with Crippen molar-refractivity contribution in [1.82, 2.24) is 0 Å². The van der Waals surface area contributed by atoms with Crippen LogP contribution in [0.25, 0.3) is 11.6 Å². The standard InChI is InChI=1S/C21H16F6O2/c1-13(19(28)29-2)11-16(15-5-9-18(10-6-15)21(25,26)27)12-14-3-7-17(8-4-14)20(22,23)24/h3-10,12H,1,11H2,2H3/b16-12-. The molecule has 0 radical (unpaired) electrons. The number of ether oxygens (including phenoxy) is 1. The first-order valence-electron chi connectivity index (χ1n) is 8.23. The number of esters is 1. The van der Waals surface area contributed by atoms with Gasteiger partial charge in [0.15, 0.2) is 0 Å². The highest BCUT2D eigenvalue weighted by molar-refractivity contribution is 5.93. The van der Waals surface area contributed by atoms with Crippen molar-refractivity contribution in [2.24, 2.45) is 0 Å². The van der Waals surface area contributed by atoms with E-state index >= 15 is 0 Å². The second kappa shape index (κ2) is 8.55. The van der Waals surface area contributed by atoms with Gasteiger partial charge < -0.3 is 4.74 Å². The van der Waals surface area contributed by atoms with Crippen LogP contribution in [0.2, 0.25) is 0 Å². The lowest BCUT2D eigenvalue weighted by atomic mass is 9.95. The molecule has 154 valence electrons. The Bertz CT molecular complexity index is 904. The summed E-state index contributed by atoms with van der Waals surface area (Å²) in [5.74, 6) is -0.699. The van der Waals surface area contributed by atoms with Gasteiger partial charge in [0.2, 0.25) is 0 Å². The van der Waals surface area contributed by atoms with Crippen LogP contribution in [0.1, 0.15) is 28.7 Å². The summed E-state index contributed by atoms with van der Waals surface area (Å²) < 4.78 is 81.1. The van der Waals surface area contributed by atoms with Gasteiger partial charge in [-0.1, -0.05) is 36.9 Å². The maximum absolute atomic E-state index is 12.8. The van der Waals surface area contributed by atoms with Gasteiger partial charge in [0.1, 0.15) is 0 Å². The van der Waals surface area contributed by atoms with E-state index in [1.54, 1.807) is 0 Å². The van der Waals surface area contributed by atoms with Crippen molar-refractivity contribution in [1.29, 1.82) is 0 Å². The van der Waals surface area contributed by atoms with Crippen molar-refractivity contribution in [3.8, 4) is 0 Å². The summed E-state index contributed by atoms with van der Waals surface area (Å²) in [5.41, 5.74) is -0.486. The Labute approximate surface area is 163 Å². The van der Waals surface area contributed by atoms with Crippen molar-refractivity contribution in [3.05, 3.63) is 82.9 Å². The average Bonchev–Trinajstić information content (AvgIpc) is 2.66. The molecule has 8 heteroatoms. The van der Waals surface area contributed by atoms with Crippen LogP contribution in [0.3, 0.4) is 0 Å². The van der Waals surface area contributed by atoms with E-state index in [1.165, 1.54) is 30.3 Å². The molecule has 0 unspecified atom stereocenters. The van der Waals surface area contributed by atoms with Gasteiger partial charge in [-0.2, -0.15) is 26.3 Å². The van der Waals surface area contributed by atoms with Crippen molar-refractivity contribution < 1.29 is 35.9 Å². The van der Waals surface area contributed by atoms with Crippen LogP contribution in [-0.4, -0.2) is 13.1 Å². The summed E-state index contributed by atoms with van der Waals surface area (Å²) in [6, 6.07) is 8.47. The van der Waals surface area contributed by atoms with Crippen molar-refractivity contribution >= 4 is 17.6 Å². The molecule has 0 amide bonds. The Morgan fingerprint density at radius 1 is 0.897 bits per heavy atom. The van der Waals surface area contributed by atoms with Gasteiger partial charge in [-0.15, -0.1) is 0 Å². The predicted octanol–water partition coefficient (Wildman–Crippen LogP) is 6.38. The Morgan fingerprint density at radius 3 is 1.76 bits per heavy atom. The molecule has 2 rings (SSSR count). The Hall–Kier alpha value is -3.03. The number of benzene rings is 2. The van der Waals surface area contributed by atoms with E-state index in [0.29, 0.717) is 16.7 Å². The molecule has 29 heavy (non-hydrogen) atoms. The molecule has 0 atom stereocenters. The van der Waals surface area contributed by atoms with Gasteiger partial charge >= 0.3 is 18.3 Å². The van der Waals surface area contributed by atoms with Crippen LogP contribution in [0, 0.1) is 0 Å². The summed E-state index contributed by atoms with van der Waals surface area (Å²) in [6.07, 6.45) is -7.57. The third kappa shape index (κ3) is 5.97. The smallest absolute Gasteiger partial charge is 0.416 e. The van der Waals surface area contributed by atoms with Crippen LogP contribution >= 0.6 is 0 Å². The quantitative estimate of drug-likeness (QED) is 0.246. The van der Waals surface area contributed by atoms with Crippen molar-refractivity contribution in [2.75, 3.05) is 7.11 Å². The number of hydrogen-bond donors (Lipinski definition) is 0. The zero-order valence-corrected chi connectivity index (χ0v) is 15.2. The highest BCUT2D eigenvalue weighted by Gasteiger charge is 2.30. The summed E-state index contributed by atoms with van der Waals surface area (Å²) >= 11 is 0. The fourth-order valence-corrected chi connectivity index (χ4v) is 2.53. The van der Waals surface area contributed by atoms with Crippen molar-refractivity contribution in [3.63, 3.8) is 0 Å². The number of rotatable bonds is 5. The average molecular weight is 414 g/mol. The van der Waals surface area contributed by atoms with E-state index in [0.717, 1.165) is 31.4 Å². The molecular weight excluding hydrogens is 398 g/mol. The predicted molar refractivity (Wildman–Crippen MR) is 96.5 cm³/mol. The topological polar surface area (TPSA) is 26.3 Å². The SMILES string of the molecule is C=C(C/C(=C/c1ccc(C(F)(F)F)cc1)c1ccc(C(F)(F)F)cc1)C(=O)OC. The van der Waals surface area contributed by atoms with Gasteiger partial charge in [0.05, 0.1) is 18.2 Å². The van der Waals surface area contributed by atoms with Crippen LogP contribution in [0.15, 0.2) is 60.7 Å². The maximum Gasteiger partial charge on any atom is 0.416 e. The van der Waals surface area contributed by atoms with E-state index in [2.05, 4.69) is 11.3 Å². The minimum absolute atomic E-state index is 0.0468. The summed E-state index contributed by atoms with van der Waals surface area (Å²) in [6.45, 7) is 3.59. The first-order valence-corrected chi connectivity index (χ1v) is 8.23. The molecule has 0 aliphatic carbocycles. The molecule has 0 aromatic heterocycles. The Morgan fingerprint density at radius 2 is 1.34 bits per heavy atom. The number of carbonyl (C=O) groups excluding carboxylic acids is 1. The summed E-state index contributed by atoms with van der Waals surface area (Å²) in [4.78, 5) is 11.6. The minimum atomic E-state index is -4.51. The molecule has 0 heterocycles. The van der Waals surface area contributed by atoms with E-state index in [4.69, 9.17) is 0 Å². The molecule has 0 N–H and O–H groups in total.